The van der Waals surface area contributed by atoms with E-state index in [0.717, 1.165) is 19.4 Å². The average molecular weight is 214 g/mol. The highest BCUT2D eigenvalue weighted by atomic mass is 16.7. The summed E-state index contributed by atoms with van der Waals surface area (Å²) < 4.78 is 0. The first-order chi connectivity index (χ1) is 7.06. The van der Waals surface area contributed by atoms with Crippen molar-refractivity contribution in [3.63, 3.8) is 0 Å². The van der Waals surface area contributed by atoms with Crippen molar-refractivity contribution in [2.75, 3.05) is 27.2 Å². The van der Waals surface area contributed by atoms with Crippen LogP contribution in [0, 0.1) is 5.92 Å². The first kappa shape index (κ1) is 12.5. The zero-order chi connectivity index (χ0) is 11.4. The van der Waals surface area contributed by atoms with Gasteiger partial charge in [0.25, 0.3) is 0 Å². The van der Waals surface area contributed by atoms with Crippen molar-refractivity contribution in [2.24, 2.45) is 5.92 Å². The van der Waals surface area contributed by atoms with E-state index in [1.54, 1.807) is 13.9 Å². The molecule has 1 rings (SSSR count). The number of hydrogen-bond donors (Lipinski definition) is 1. The summed E-state index contributed by atoms with van der Waals surface area (Å²) in [6.07, 6.45) is 1.81. The normalized spacial score (nSPS) is 22.5. The van der Waals surface area contributed by atoms with Gasteiger partial charge in [-0.25, -0.2) is 5.06 Å². The van der Waals surface area contributed by atoms with Crippen LogP contribution < -0.4 is 0 Å². The molecule has 0 aromatic carbocycles. The molecule has 1 heterocycles. The maximum absolute atomic E-state index is 11.8. The molecule has 1 unspecified atom stereocenters. The highest BCUT2D eigenvalue weighted by Gasteiger charge is 2.30. The summed E-state index contributed by atoms with van der Waals surface area (Å²) in [7, 11) is 2.62. The molecule has 1 atom stereocenters. The highest BCUT2D eigenvalue weighted by Crippen LogP contribution is 2.18. The Morgan fingerprint density at radius 1 is 1.67 bits per heavy atom. The van der Waals surface area contributed by atoms with Crippen molar-refractivity contribution in [1.29, 1.82) is 0 Å². The Bertz CT molecular complexity index is 225. The van der Waals surface area contributed by atoms with E-state index < -0.39 is 7.05 Å². The molecule has 0 aromatic heterocycles. The van der Waals surface area contributed by atoms with Gasteiger partial charge < -0.3 is 9.83 Å². The third-order valence-corrected chi connectivity index (χ3v) is 2.91. The molecule has 1 fully saturated rings. The van der Waals surface area contributed by atoms with Gasteiger partial charge in [-0.1, -0.05) is 0 Å². The number of rotatable bonds is 3. The van der Waals surface area contributed by atoms with Gasteiger partial charge in [0, 0.05) is 13.6 Å². The zero-order valence-corrected chi connectivity index (χ0v) is 9.64. The van der Waals surface area contributed by atoms with Crippen molar-refractivity contribution in [3.05, 3.63) is 0 Å². The molecule has 0 aliphatic carbocycles. The number of amides is 1. The topological polar surface area (TPSA) is 53.0 Å². The second-order valence-electron chi connectivity index (χ2n) is 3.98. The Balaban J connectivity index is 2.52. The largest absolute Gasteiger partial charge is 0.437 e. The van der Waals surface area contributed by atoms with Gasteiger partial charge in [-0.05, 0) is 26.2 Å². The minimum Gasteiger partial charge on any atom is -0.437 e. The van der Waals surface area contributed by atoms with E-state index in [1.807, 2.05) is 4.81 Å². The molecule has 1 aliphatic rings. The Morgan fingerprint density at radius 3 is 2.87 bits per heavy atom. The molecule has 15 heavy (non-hydrogen) atoms. The van der Waals surface area contributed by atoms with Crippen LogP contribution in [0.2, 0.25) is 6.82 Å². The van der Waals surface area contributed by atoms with Gasteiger partial charge in [0.05, 0.1) is 13.0 Å². The third-order valence-electron chi connectivity index (χ3n) is 2.91. The molecule has 0 spiro atoms. The predicted octanol–water partition coefficient (Wildman–Crippen LogP) is -0.171. The first-order valence-corrected chi connectivity index (χ1v) is 5.30. The van der Waals surface area contributed by atoms with Gasteiger partial charge >= 0.3 is 7.05 Å². The smallest absolute Gasteiger partial charge is 0.376 e. The maximum atomic E-state index is 11.8. The van der Waals surface area contributed by atoms with Crippen LogP contribution in [0.1, 0.15) is 12.8 Å². The van der Waals surface area contributed by atoms with Crippen LogP contribution in [0.4, 0.5) is 0 Å². The van der Waals surface area contributed by atoms with Crippen LogP contribution >= 0.6 is 0 Å². The molecule has 0 radical (unpaired) electrons. The summed E-state index contributed by atoms with van der Waals surface area (Å²) in [5, 5.41) is 10.7. The Labute approximate surface area is 91.1 Å². The number of nitrogens with zero attached hydrogens (tertiary/aromatic N) is 2. The van der Waals surface area contributed by atoms with Gasteiger partial charge in [0.2, 0.25) is 5.91 Å². The van der Waals surface area contributed by atoms with Gasteiger partial charge in [0.1, 0.15) is 0 Å². The molecule has 1 aliphatic heterocycles. The summed E-state index contributed by atoms with van der Waals surface area (Å²) >= 11 is 0. The summed E-state index contributed by atoms with van der Waals surface area (Å²) in [6, 6.07) is 0. The van der Waals surface area contributed by atoms with E-state index in [2.05, 4.69) is 0 Å². The molecule has 0 aromatic rings. The fourth-order valence-electron chi connectivity index (χ4n) is 1.89. The predicted molar refractivity (Wildman–Crippen MR) is 57.9 cm³/mol. The van der Waals surface area contributed by atoms with Gasteiger partial charge in [0.15, 0.2) is 0 Å². The average Bonchev–Trinajstić information content (AvgIpc) is 2.27. The monoisotopic (exact) mass is 214 g/mol. The van der Waals surface area contributed by atoms with Crippen LogP contribution in [0.5, 0.6) is 0 Å². The minimum absolute atomic E-state index is 0.0112. The second-order valence-corrected chi connectivity index (χ2v) is 3.98. The number of hydroxylamine groups is 2. The highest BCUT2D eigenvalue weighted by molar-refractivity contribution is 6.45. The molecule has 1 N–H and O–H groups in total. The molecule has 86 valence electrons. The minimum atomic E-state index is -0.478. The summed E-state index contributed by atoms with van der Waals surface area (Å²) in [6.45, 7) is 3.20. The van der Waals surface area contributed by atoms with E-state index >= 15 is 0 Å². The molecular formula is C9H19BN2O3. The Morgan fingerprint density at radius 2 is 2.33 bits per heavy atom. The van der Waals surface area contributed by atoms with Crippen LogP contribution in [-0.2, 0) is 9.63 Å². The molecule has 0 bridgehead atoms. The van der Waals surface area contributed by atoms with E-state index in [4.69, 9.17) is 4.84 Å². The van der Waals surface area contributed by atoms with E-state index in [9.17, 15) is 9.82 Å². The lowest BCUT2D eigenvalue weighted by Crippen LogP contribution is -2.48. The number of hydrogen-bond acceptors (Lipinski definition) is 4. The number of piperidine rings is 1. The van der Waals surface area contributed by atoms with Crippen molar-refractivity contribution >= 4 is 13.0 Å². The van der Waals surface area contributed by atoms with Crippen LogP contribution in [0.25, 0.3) is 0 Å². The Kier molecular flexibility index (Phi) is 4.57. The SMILES string of the molecule is CON(C)C(=O)C1CCCN(B(C)O)C1. The van der Waals surface area contributed by atoms with Crippen LogP contribution in [0.3, 0.4) is 0 Å². The van der Waals surface area contributed by atoms with Crippen molar-refractivity contribution < 1.29 is 14.7 Å². The van der Waals surface area contributed by atoms with E-state index in [-0.39, 0.29) is 11.8 Å². The fraction of sp³-hybridized carbons (Fsp3) is 0.889. The molecule has 1 amide bonds. The molecule has 0 saturated carbocycles. The first-order valence-electron chi connectivity index (χ1n) is 5.30. The van der Waals surface area contributed by atoms with E-state index in [0.29, 0.717) is 6.54 Å². The lowest BCUT2D eigenvalue weighted by Gasteiger charge is -2.33. The maximum Gasteiger partial charge on any atom is 0.376 e. The van der Waals surface area contributed by atoms with Gasteiger partial charge in [-0.2, -0.15) is 0 Å². The standard InChI is InChI=1S/C9H19BN2O3/c1-10(14)12-6-4-5-8(7-12)9(13)11(2)15-3/h8,14H,4-7H2,1-3H3. The summed E-state index contributed by atoms with van der Waals surface area (Å²) in [4.78, 5) is 18.6. The van der Waals surface area contributed by atoms with Crippen LogP contribution in [0.15, 0.2) is 0 Å². The zero-order valence-electron chi connectivity index (χ0n) is 9.64. The molecule has 5 nitrogen and oxygen atoms in total. The van der Waals surface area contributed by atoms with Crippen molar-refractivity contribution in [2.45, 2.75) is 19.7 Å². The summed E-state index contributed by atoms with van der Waals surface area (Å²) in [5.41, 5.74) is 0. The quantitative estimate of drug-likeness (QED) is 0.523. The second kappa shape index (κ2) is 5.49. The lowest BCUT2D eigenvalue weighted by molar-refractivity contribution is -0.174. The van der Waals surface area contributed by atoms with Gasteiger partial charge in [-0.3, -0.25) is 9.63 Å². The molecule has 1 saturated heterocycles. The number of carbonyl (C=O) groups excluding carboxylic acids is 1. The summed E-state index contributed by atoms with van der Waals surface area (Å²) in [5.74, 6) is -0.0684. The van der Waals surface area contributed by atoms with Crippen LogP contribution in [-0.4, -0.2) is 55.1 Å². The van der Waals surface area contributed by atoms with Gasteiger partial charge in [-0.15, -0.1) is 0 Å². The lowest BCUT2D eigenvalue weighted by atomic mass is 9.80. The van der Waals surface area contributed by atoms with Crippen molar-refractivity contribution in [3.8, 4) is 0 Å². The number of carbonyl (C=O) groups is 1. The van der Waals surface area contributed by atoms with Crippen molar-refractivity contribution in [1.82, 2.24) is 9.87 Å². The molecule has 6 heteroatoms. The fourth-order valence-corrected chi connectivity index (χ4v) is 1.89. The van der Waals surface area contributed by atoms with E-state index in [1.165, 1.54) is 12.2 Å². The molecular weight excluding hydrogens is 195 g/mol. The Hall–Kier alpha value is -0.585. The third kappa shape index (κ3) is 3.19.